The molecule has 1 amide bonds. The summed E-state index contributed by atoms with van der Waals surface area (Å²) in [5.74, 6) is -0.507. The van der Waals surface area contributed by atoms with E-state index in [-0.39, 0.29) is 17.8 Å². The van der Waals surface area contributed by atoms with Crippen molar-refractivity contribution in [3.63, 3.8) is 0 Å². The highest BCUT2D eigenvalue weighted by atomic mass is 35.5. The van der Waals surface area contributed by atoms with Crippen molar-refractivity contribution in [2.24, 2.45) is 5.10 Å². The van der Waals surface area contributed by atoms with Crippen LogP contribution in [0.2, 0.25) is 5.02 Å². The predicted molar refractivity (Wildman–Crippen MR) is 84.3 cm³/mol. The summed E-state index contributed by atoms with van der Waals surface area (Å²) in [6, 6.07) is 13.5. The summed E-state index contributed by atoms with van der Waals surface area (Å²) in [6.45, 7) is 1.46. The molecule has 0 fully saturated rings. The van der Waals surface area contributed by atoms with Gasteiger partial charge in [-0.15, -0.1) is 0 Å². The van der Waals surface area contributed by atoms with Gasteiger partial charge in [-0.1, -0.05) is 41.9 Å². The number of benzene rings is 2. The lowest BCUT2D eigenvalue weighted by atomic mass is 9.98. The first kappa shape index (κ1) is 14.7. The van der Waals surface area contributed by atoms with E-state index < -0.39 is 0 Å². The van der Waals surface area contributed by atoms with Gasteiger partial charge in [0.05, 0.1) is 11.8 Å². The monoisotopic (exact) mass is 316 g/mol. The Balaban J connectivity index is 1.96. The third kappa shape index (κ3) is 2.74. The van der Waals surface area contributed by atoms with E-state index in [0.29, 0.717) is 22.7 Å². The van der Waals surface area contributed by atoms with Gasteiger partial charge in [0.15, 0.2) is 0 Å². The van der Waals surface area contributed by atoms with Crippen LogP contribution in [0.1, 0.15) is 30.5 Å². The summed E-state index contributed by atoms with van der Waals surface area (Å²) in [7, 11) is 0. The molecule has 1 unspecified atom stereocenters. The summed E-state index contributed by atoms with van der Waals surface area (Å²) in [6.07, 6.45) is 0.474. The van der Waals surface area contributed by atoms with Crippen LogP contribution in [-0.4, -0.2) is 16.6 Å². The van der Waals surface area contributed by atoms with Gasteiger partial charge in [-0.25, -0.2) is 9.40 Å². The molecule has 0 spiro atoms. The third-order valence-electron chi connectivity index (χ3n) is 3.67. The van der Waals surface area contributed by atoms with Crippen LogP contribution >= 0.6 is 11.6 Å². The molecule has 2 aromatic rings. The zero-order chi connectivity index (χ0) is 15.7. The Morgan fingerprint density at radius 1 is 1.23 bits per heavy atom. The lowest BCUT2D eigenvalue weighted by Gasteiger charge is -2.20. The van der Waals surface area contributed by atoms with Crippen molar-refractivity contribution in [2.75, 3.05) is 0 Å². The normalized spacial score (nSPS) is 17.5. The molecule has 3 nitrogen and oxygen atoms in total. The molecule has 0 saturated carbocycles. The van der Waals surface area contributed by atoms with E-state index in [1.165, 1.54) is 18.0 Å². The highest BCUT2D eigenvalue weighted by molar-refractivity contribution is 6.30. The van der Waals surface area contributed by atoms with Crippen LogP contribution in [0.3, 0.4) is 0 Å². The molecule has 1 aliphatic rings. The van der Waals surface area contributed by atoms with Crippen molar-refractivity contribution in [3.05, 3.63) is 70.5 Å². The fourth-order valence-electron chi connectivity index (χ4n) is 2.60. The van der Waals surface area contributed by atoms with Gasteiger partial charge in [-0.3, -0.25) is 4.79 Å². The lowest BCUT2D eigenvalue weighted by Crippen LogP contribution is -2.24. The molecule has 0 bridgehead atoms. The second-order valence-corrected chi connectivity index (χ2v) is 5.60. The molecule has 1 heterocycles. The molecular formula is C17H14ClFN2O. The minimum Gasteiger partial charge on any atom is -0.273 e. The van der Waals surface area contributed by atoms with Crippen LogP contribution in [0.15, 0.2) is 53.6 Å². The number of halogens is 2. The van der Waals surface area contributed by atoms with Crippen LogP contribution in [0, 0.1) is 5.82 Å². The molecule has 1 aliphatic heterocycles. The maximum absolute atomic E-state index is 14.0. The Hall–Kier alpha value is -2.20. The lowest BCUT2D eigenvalue weighted by molar-refractivity contribution is -0.130. The zero-order valence-electron chi connectivity index (χ0n) is 12.0. The van der Waals surface area contributed by atoms with Crippen LogP contribution in [-0.2, 0) is 4.79 Å². The quantitative estimate of drug-likeness (QED) is 0.818. The van der Waals surface area contributed by atoms with Crippen molar-refractivity contribution in [1.29, 1.82) is 0 Å². The molecule has 112 valence electrons. The van der Waals surface area contributed by atoms with Gasteiger partial charge < -0.3 is 0 Å². The first-order valence-electron chi connectivity index (χ1n) is 6.94. The Morgan fingerprint density at radius 2 is 1.91 bits per heavy atom. The molecule has 0 N–H and O–H groups in total. The number of hydrazone groups is 1. The van der Waals surface area contributed by atoms with Crippen molar-refractivity contribution >= 4 is 23.2 Å². The smallest absolute Gasteiger partial charge is 0.240 e. The Bertz CT molecular complexity index is 743. The maximum Gasteiger partial charge on any atom is 0.240 e. The topological polar surface area (TPSA) is 32.7 Å². The molecule has 22 heavy (non-hydrogen) atoms. The van der Waals surface area contributed by atoms with Crippen LogP contribution in [0.4, 0.5) is 4.39 Å². The molecular weight excluding hydrogens is 303 g/mol. The Kier molecular flexibility index (Phi) is 3.94. The molecule has 2 aromatic carbocycles. The Morgan fingerprint density at radius 3 is 2.55 bits per heavy atom. The van der Waals surface area contributed by atoms with Gasteiger partial charge in [0.2, 0.25) is 5.91 Å². The second-order valence-electron chi connectivity index (χ2n) is 5.16. The second kappa shape index (κ2) is 5.89. The van der Waals surface area contributed by atoms with E-state index in [1.54, 1.807) is 30.3 Å². The number of nitrogens with zero attached hydrogens (tertiary/aromatic N) is 2. The van der Waals surface area contributed by atoms with Crippen molar-refractivity contribution in [3.8, 4) is 0 Å². The fraction of sp³-hybridized carbons (Fsp3) is 0.176. The minimum atomic E-state index is -0.332. The molecule has 1 atom stereocenters. The number of amides is 1. The average molecular weight is 317 g/mol. The van der Waals surface area contributed by atoms with E-state index in [4.69, 9.17) is 11.6 Å². The van der Waals surface area contributed by atoms with Gasteiger partial charge >= 0.3 is 0 Å². The van der Waals surface area contributed by atoms with E-state index in [9.17, 15) is 9.18 Å². The van der Waals surface area contributed by atoms with Gasteiger partial charge in [0.25, 0.3) is 0 Å². The molecule has 5 heteroatoms. The molecule has 0 aromatic heterocycles. The first-order valence-corrected chi connectivity index (χ1v) is 7.31. The van der Waals surface area contributed by atoms with Crippen LogP contribution in [0.5, 0.6) is 0 Å². The van der Waals surface area contributed by atoms with Crippen LogP contribution in [0.25, 0.3) is 0 Å². The van der Waals surface area contributed by atoms with Crippen molar-refractivity contribution < 1.29 is 9.18 Å². The molecule has 0 aliphatic carbocycles. The first-order chi connectivity index (χ1) is 10.6. The third-order valence-corrected chi connectivity index (χ3v) is 3.92. The van der Waals surface area contributed by atoms with Gasteiger partial charge in [-0.2, -0.15) is 5.10 Å². The number of hydrogen-bond donors (Lipinski definition) is 0. The maximum atomic E-state index is 14.0. The Labute approximate surface area is 133 Å². The van der Waals surface area contributed by atoms with Gasteiger partial charge in [0.1, 0.15) is 5.82 Å². The SMILES string of the molecule is CC(=O)N1N=C(c2ccccc2F)CC1c1ccc(Cl)cc1. The molecule has 0 saturated heterocycles. The standard InChI is InChI=1S/C17H14ClFN2O/c1-11(22)21-17(12-6-8-13(18)9-7-12)10-16(20-21)14-4-2-3-5-15(14)19/h2-9,17H,10H2,1H3. The molecule has 3 rings (SSSR count). The number of hydrogen-bond acceptors (Lipinski definition) is 2. The summed E-state index contributed by atoms with van der Waals surface area (Å²) in [5.41, 5.74) is 1.94. The van der Waals surface area contributed by atoms with E-state index in [2.05, 4.69) is 5.10 Å². The highest BCUT2D eigenvalue weighted by Gasteiger charge is 2.32. The summed E-state index contributed by atoms with van der Waals surface area (Å²) in [4.78, 5) is 11.9. The number of rotatable bonds is 2. The van der Waals surface area contributed by atoms with E-state index in [1.807, 2.05) is 12.1 Å². The summed E-state index contributed by atoms with van der Waals surface area (Å²) >= 11 is 5.90. The van der Waals surface area contributed by atoms with E-state index >= 15 is 0 Å². The van der Waals surface area contributed by atoms with Gasteiger partial charge in [-0.05, 0) is 23.8 Å². The van der Waals surface area contributed by atoms with Crippen molar-refractivity contribution in [2.45, 2.75) is 19.4 Å². The van der Waals surface area contributed by atoms with E-state index in [0.717, 1.165) is 5.56 Å². The number of carbonyl (C=O) groups is 1. The summed E-state index contributed by atoms with van der Waals surface area (Å²) in [5, 5.41) is 6.36. The zero-order valence-corrected chi connectivity index (χ0v) is 12.7. The highest BCUT2D eigenvalue weighted by Crippen LogP contribution is 2.33. The minimum absolute atomic E-state index is 0.175. The van der Waals surface area contributed by atoms with Crippen molar-refractivity contribution in [1.82, 2.24) is 5.01 Å². The van der Waals surface area contributed by atoms with Crippen LogP contribution < -0.4 is 0 Å². The largest absolute Gasteiger partial charge is 0.273 e. The van der Waals surface area contributed by atoms with Gasteiger partial charge in [0, 0.05) is 23.9 Å². The average Bonchev–Trinajstić information content (AvgIpc) is 2.93. The summed E-state index contributed by atoms with van der Waals surface area (Å²) < 4.78 is 14.0. The number of carbonyl (C=O) groups excluding carboxylic acids is 1. The predicted octanol–water partition coefficient (Wildman–Crippen LogP) is 4.18. The molecule has 0 radical (unpaired) electrons. The fourth-order valence-corrected chi connectivity index (χ4v) is 2.73.